The van der Waals surface area contributed by atoms with Gasteiger partial charge in [-0.2, -0.15) is 4.31 Å². The second-order valence-electron chi connectivity index (χ2n) is 6.30. The van der Waals surface area contributed by atoms with Gasteiger partial charge in [-0.15, -0.1) is 11.3 Å². The zero-order chi connectivity index (χ0) is 15.9. The first kappa shape index (κ1) is 16.0. The van der Waals surface area contributed by atoms with Crippen LogP contribution in [0.4, 0.5) is 0 Å². The van der Waals surface area contributed by atoms with Crippen LogP contribution in [0.25, 0.3) is 0 Å². The third-order valence-corrected chi connectivity index (χ3v) is 7.67. The normalized spacial score (nSPS) is 20.1. The van der Waals surface area contributed by atoms with Crippen molar-refractivity contribution in [3.05, 3.63) is 17.5 Å². The van der Waals surface area contributed by atoms with Crippen LogP contribution >= 0.6 is 11.3 Å². The van der Waals surface area contributed by atoms with Gasteiger partial charge in [-0.3, -0.25) is 4.79 Å². The van der Waals surface area contributed by atoms with Crippen LogP contribution in [-0.2, 0) is 14.8 Å². The topological polar surface area (TPSA) is 57.7 Å². The molecule has 22 heavy (non-hydrogen) atoms. The Hall–Kier alpha value is -0.920. The molecular weight excluding hydrogens is 320 g/mol. The fourth-order valence-corrected chi connectivity index (χ4v) is 5.16. The molecule has 0 N–H and O–H groups in total. The van der Waals surface area contributed by atoms with Gasteiger partial charge in [-0.1, -0.05) is 6.07 Å². The van der Waals surface area contributed by atoms with E-state index in [0.29, 0.717) is 12.0 Å². The molecule has 0 aliphatic heterocycles. The van der Waals surface area contributed by atoms with Gasteiger partial charge >= 0.3 is 0 Å². The van der Waals surface area contributed by atoms with Crippen molar-refractivity contribution >= 4 is 27.3 Å². The molecule has 2 aliphatic carbocycles. The minimum absolute atomic E-state index is 0.0652. The average molecular weight is 342 g/mol. The standard InChI is InChI=1S/C15H22N2O3S2/c1-11(12-5-6-12)17(13-7-8-13)14(18)10-16(2)22(19,20)15-4-3-9-21-15/h3-4,9,11-13H,5-8,10H2,1-2H3. The average Bonchev–Trinajstić information content (AvgIpc) is 3.38. The van der Waals surface area contributed by atoms with E-state index in [0.717, 1.165) is 12.8 Å². The highest BCUT2D eigenvalue weighted by Gasteiger charge is 2.42. The van der Waals surface area contributed by atoms with Crippen LogP contribution in [0, 0.1) is 5.92 Å². The van der Waals surface area contributed by atoms with Gasteiger partial charge in [-0.05, 0) is 50.0 Å². The Kier molecular flexibility index (Phi) is 4.31. The lowest BCUT2D eigenvalue weighted by molar-refractivity contribution is -0.134. The van der Waals surface area contributed by atoms with Crippen LogP contribution in [0.2, 0.25) is 0 Å². The molecule has 1 aromatic heterocycles. The van der Waals surface area contributed by atoms with E-state index in [9.17, 15) is 13.2 Å². The van der Waals surface area contributed by atoms with Crippen molar-refractivity contribution in [1.29, 1.82) is 0 Å². The molecular formula is C15H22N2O3S2. The van der Waals surface area contributed by atoms with Crippen LogP contribution in [-0.4, -0.2) is 49.2 Å². The minimum atomic E-state index is -3.56. The summed E-state index contributed by atoms with van der Waals surface area (Å²) in [5.74, 6) is 0.535. The van der Waals surface area contributed by atoms with Crippen LogP contribution < -0.4 is 0 Å². The monoisotopic (exact) mass is 342 g/mol. The summed E-state index contributed by atoms with van der Waals surface area (Å²) in [6.07, 6.45) is 4.45. The molecule has 2 saturated carbocycles. The van der Waals surface area contributed by atoms with E-state index in [1.54, 1.807) is 17.5 Å². The second-order valence-corrected chi connectivity index (χ2v) is 9.52. The van der Waals surface area contributed by atoms with Gasteiger partial charge < -0.3 is 4.90 Å². The SMILES string of the molecule is CC(C1CC1)N(C(=O)CN(C)S(=O)(=O)c1cccs1)C1CC1. The Balaban J connectivity index is 1.69. The lowest BCUT2D eigenvalue weighted by atomic mass is 10.1. The maximum absolute atomic E-state index is 12.6. The first-order chi connectivity index (χ1) is 10.4. The van der Waals surface area contributed by atoms with E-state index < -0.39 is 10.0 Å². The molecule has 1 amide bonds. The van der Waals surface area contributed by atoms with Crippen molar-refractivity contribution in [1.82, 2.24) is 9.21 Å². The number of carbonyl (C=O) groups is 1. The van der Waals surface area contributed by atoms with Crippen LogP contribution in [0.1, 0.15) is 32.6 Å². The summed E-state index contributed by atoms with van der Waals surface area (Å²) in [5, 5.41) is 1.73. The third kappa shape index (κ3) is 3.21. The van der Waals surface area contributed by atoms with Gasteiger partial charge in [0, 0.05) is 19.1 Å². The highest BCUT2D eigenvalue weighted by molar-refractivity contribution is 7.91. The highest BCUT2D eigenvalue weighted by Crippen LogP contribution is 2.39. The van der Waals surface area contributed by atoms with Crippen molar-refractivity contribution in [2.24, 2.45) is 5.92 Å². The molecule has 0 bridgehead atoms. The number of hydrogen-bond donors (Lipinski definition) is 0. The molecule has 0 radical (unpaired) electrons. The molecule has 1 atom stereocenters. The van der Waals surface area contributed by atoms with E-state index in [2.05, 4.69) is 6.92 Å². The number of sulfonamides is 1. The number of likely N-dealkylation sites (N-methyl/N-ethyl adjacent to an activating group) is 1. The number of hydrogen-bond acceptors (Lipinski definition) is 4. The Morgan fingerprint density at radius 1 is 1.36 bits per heavy atom. The fourth-order valence-electron chi connectivity index (χ4n) is 2.84. The summed E-state index contributed by atoms with van der Waals surface area (Å²) in [6, 6.07) is 3.84. The maximum atomic E-state index is 12.6. The van der Waals surface area contributed by atoms with E-state index in [4.69, 9.17) is 0 Å². The Morgan fingerprint density at radius 3 is 2.55 bits per heavy atom. The Labute approximate surface area is 136 Å². The summed E-state index contributed by atoms with van der Waals surface area (Å²) in [7, 11) is -2.07. The third-order valence-electron chi connectivity index (χ3n) is 4.49. The van der Waals surface area contributed by atoms with Crippen LogP contribution in [0.3, 0.4) is 0 Å². The predicted octanol–water partition coefficient (Wildman–Crippen LogP) is 2.16. The molecule has 2 aliphatic rings. The summed E-state index contributed by atoms with van der Waals surface area (Å²) in [5.41, 5.74) is 0. The van der Waals surface area contributed by atoms with Gasteiger partial charge in [0.1, 0.15) is 4.21 Å². The van der Waals surface area contributed by atoms with Crippen molar-refractivity contribution in [3.8, 4) is 0 Å². The summed E-state index contributed by atoms with van der Waals surface area (Å²) in [6.45, 7) is 2.02. The zero-order valence-electron chi connectivity index (χ0n) is 12.9. The number of thiophene rings is 1. The van der Waals surface area contributed by atoms with E-state index in [1.165, 1.54) is 35.5 Å². The number of amides is 1. The Bertz CT molecular complexity index is 634. The van der Waals surface area contributed by atoms with E-state index in [1.807, 2.05) is 4.90 Å². The van der Waals surface area contributed by atoms with Gasteiger partial charge in [0.15, 0.2) is 0 Å². The van der Waals surface area contributed by atoms with Crippen molar-refractivity contribution < 1.29 is 13.2 Å². The summed E-state index contributed by atoms with van der Waals surface area (Å²) in [4.78, 5) is 14.6. The Morgan fingerprint density at radius 2 is 2.05 bits per heavy atom. The molecule has 1 aromatic rings. The zero-order valence-corrected chi connectivity index (χ0v) is 14.6. The molecule has 0 spiro atoms. The largest absolute Gasteiger partial charge is 0.336 e. The lowest BCUT2D eigenvalue weighted by Crippen LogP contribution is -2.47. The van der Waals surface area contributed by atoms with Gasteiger partial charge in [0.05, 0.1) is 6.54 Å². The van der Waals surface area contributed by atoms with Crippen molar-refractivity contribution in [2.75, 3.05) is 13.6 Å². The molecule has 3 rings (SSSR count). The fraction of sp³-hybridized carbons (Fsp3) is 0.667. The van der Waals surface area contributed by atoms with Crippen LogP contribution in [0.15, 0.2) is 21.7 Å². The lowest BCUT2D eigenvalue weighted by Gasteiger charge is -2.31. The van der Waals surface area contributed by atoms with Crippen LogP contribution in [0.5, 0.6) is 0 Å². The van der Waals surface area contributed by atoms with Gasteiger partial charge in [-0.25, -0.2) is 8.42 Å². The first-order valence-corrected chi connectivity index (χ1v) is 10.0. The number of carbonyl (C=O) groups excluding carboxylic acids is 1. The van der Waals surface area contributed by atoms with Crippen molar-refractivity contribution in [3.63, 3.8) is 0 Å². The van der Waals surface area contributed by atoms with E-state index in [-0.39, 0.29) is 22.7 Å². The number of rotatable bonds is 7. The van der Waals surface area contributed by atoms with E-state index >= 15 is 0 Å². The minimum Gasteiger partial charge on any atom is -0.336 e. The molecule has 5 nitrogen and oxygen atoms in total. The molecule has 122 valence electrons. The second kappa shape index (κ2) is 5.94. The molecule has 1 unspecified atom stereocenters. The summed E-state index contributed by atoms with van der Waals surface area (Å²) >= 11 is 1.18. The molecule has 0 aromatic carbocycles. The first-order valence-electron chi connectivity index (χ1n) is 7.72. The molecule has 1 heterocycles. The predicted molar refractivity (Wildman–Crippen MR) is 86.2 cm³/mol. The molecule has 0 saturated heterocycles. The quantitative estimate of drug-likeness (QED) is 0.763. The highest BCUT2D eigenvalue weighted by atomic mass is 32.2. The molecule has 2 fully saturated rings. The van der Waals surface area contributed by atoms with Gasteiger partial charge in [0.25, 0.3) is 10.0 Å². The van der Waals surface area contributed by atoms with Crippen molar-refractivity contribution in [2.45, 2.75) is 48.9 Å². The smallest absolute Gasteiger partial charge is 0.252 e. The van der Waals surface area contributed by atoms with Gasteiger partial charge in [0.2, 0.25) is 5.91 Å². The maximum Gasteiger partial charge on any atom is 0.252 e. The molecule has 7 heteroatoms. The summed E-state index contributed by atoms with van der Waals surface area (Å²) < 4.78 is 26.3. The number of nitrogens with zero attached hydrogens (tertiary/aromatic N) is 2.